The number of fused-ring (bicyclic) bond motifs is 1. The van der Waals surface area contributed by atoms with Crippen LogP contribution in [0.2, 0.25) is 0 Å². The maximum atomic E-state index is 12.3. The van der Waals surface area contributed by atoms with Crippen LogP contribution in [-0.2, 0) is 11.3 Å². The molecule has 1 heterocycles. The van der Waals surface area contributed by atoms with Crippen LogP contribution in [0, 0.1) is 11.3 Å². The van der Waals surface area contributed by atoms with Gasteiger partial charge >= 0.3 is 6.03 Å². The molecule has 0 radical (unpaired) electrons. The quantitative estimate of drug-likeness (QED) is 0.877. The minimum atomic E-state index is -0.125. The average molecular weight is 318 g/mol. The molecule has 1 aliphatic carbocycles. The molecule has 1 saturated carbocycles. The first kappa shape index (κ1) is 16.1. The zero-order valence-corrected chi connectivity index (χ0v) is 14.1. The van der Waals surface area contributed by atoms with Crippen molar-refractivity contribution in [3.63, 3.8) is 0 Å². The summed E-state index contributed by atoms with van der Waals surface area (Å²) in [5.41, 5.74) is 0.987. The molecule has 2 fully saturated rings. The Bertz CT molecular complexity index is 573. The molecule has 1 aliphatic heterocycles. The van der Waals surface area contributed by atoms with E-state index in [0.717, 1.165) is 24.3 Å². The molecule has 1 aromatic carbocycles. The monoisotopic (exact) mass is 318 g/mol. The molecule has 3 unspecified atom stereocenters. The standard InChI is InChI=1S/C18H26N2O3/c1-4-22-14-8-6-5-7-12(14)11-19-17(21)20-15-13-9-10-23-16(13)18(15,2)3/h5-8,13,15-16H,4,9-11H2,1-3H3,(H2,19,20,21). The van der Waals surface area contributed by atoms with E-state index in [1.807, 2.05) is 31.2 Å². The van der Waals surface area contributed by atoms with Gasteiger partial charge in [-0.05, 0) is 19.4 Å². The largest absolute Gasteiger partial charge is 0.494 e. The van der Waals surface area contributed by atoms with E-state index < -0.39 is 0 Å². The molecule has 2 amide bonds. The summed E-state index contributed by atoms with van der Waals surface area (Å²) in [6.45, 7) is 8.15. The lowest BCUT2D eigenvalue weighted by Crippen LogP contribution is -2.67. The number of amides is 2. The lowest BCUT2D eigenvalue weighted by atomic mass is 9.57. The summed E-state index contributed by atoms with van der Waals surface area (Å²) < 4.78 is 11.3. The summed E-state index contributed by atoms with van der Waals surface area (Å²) in [6, 6.07) is 7.84. The number of benzene rings is 1. The van der Waals surface area contributed by atoms with Crippen LogP contribution < -0.4 is 15.4 Å². The van der Waals surface area contributed by atoms with Crippen LogP contribution in [0.1, 0.15) is 32.8 Å². The summed E-state index contributed by atoms with van der Waals surface area (Å²) >= 11 is 0. The lowest BCUT2D eigenvalue weighted by Gasteiger charge is -2.54. The van der Waals surface area contributed by atoms with Gasteiger partial charge in [0.05, 0.1) is 12.7 Å². The second-order valence-corrected chi connectivity index (χ2v) is 6.91. The van der Waals surface area contributed by atoms with Gasteiger partial charge in [0.25, 0.3) is 0 Å². The molecule has 23 heavy (non-hydrogen) atoms. The Morgan fingerprint density at radius 3 is 2.96 bits per heavy atom. The predicted molar refractivity (Wildman–Crippen MR) is 88.4 cm³/mol. The predicted octanol–water partition coefficient (Wildman–Crippen LogP) is 2.70. The van der Waals surface area contributed by atoms with E-state index in [9.17, 15) is 4.79 Å². The van der Waals surface area contributed by atoms with Gasteiger partial charge in [0, 0.05) is 36.1 Å². The zero-order chi connectivity index (χ0) is 16.4. The van der Waals surface area contributed by atoms with E-state index in [2.05, 4.69) is 24.5 Å². The van der Waals surface area contributed by atoms with Crippen molar-refractivity contribution in [2.45, 2.75) is 45.9 Å². The number of ether oxygens (including phenoxy) is 2. The lowest BCUT2D eigenvalue weighted by molar-refractivity contribution is -0.108. The van der Waals surface area contributed by atoms with Gasteiger partial charge in [0.2, 0.25) is 0 Å². The Balaban J connectivity index is 1.54. The number of rotatable bonds is 5. The van der Waals surface area contributed by atoms with Crippen LogP contribution in [0.5, 0.6) is 5.75 Å². The topological polar surface area (TPSA) is 59.6 Å². The molecule has 5 heteroatoms. The first-order valence-corrected chi connectivity index (χ1v) is 8.40. The Labute approximate surface area is 137 Å². The van der Waals surface area contributed by atoms with Crippen molar-refractivity contribution in [2.24, 2.45) is 11.3 Å². The van der Waals surface area contributed by atoms with Crippen molar-refractivity contribution in [3.05, 3.63) is 29.8 Å². The highest BCUT2D eigenvalue weighted by Gasteiger charge is 2.59. The van der Waals surface area contributed by atoms with E-state index >= 15 is 0 Å². The van der Waals surface area contributed by atoms with Crippen molar-refractivity contribution >= 4 is 6.03 Å². The molecule has 5 nitrogen and oxygen atoms in total. The fraction of sp³-hybridized carbons (Fsp3) is 0.611. The van der Waals surface area contributed by atoms with E-state index in [4.69, 9.17) is 9.47 Å². The second kappa shape index (κ2) is 6.40. The van der Waals surface area contributed by atoms with E-state index in [0.29, 0.717) is 19.1 Å². The number of carbonyl (C=O) groups is 1. The summed E-state index contributed by atoms with van der Waals surface area (Å²) in [5, 5.41) is 6.07. The summed E-state index contributed by atoms with van der Waals surface area (Å²) in [5.74, 6) is 1.27. The molecule has 2 N–H and O–H groups in total. The van der Waals surface area contributed by atoms with Crippen molar-refractivity contribution in [1.29, 1.82) is 0 Å². The molecule has 1 aromatic rings. The maximum Gasteiger partial charge on any atom is 0.315 e. The van der Waals surface area contributed by atoms with Crippen LogP contribution in [0.4, 0.5) is 4.79 Å². The SMILES string of the molecule is CCOc1ccccc1CNC(=O)NC1C2CCOC2C1(C)C. The normalized spacial score (nSPS) is 27.7. The van der Waals surface area contributed by atoms with Crippen LogP contribution in [-0.4, -0.2) is 31.4 Å². The third kappa shape index (κ3) is 3.02. The zero-order valence-electron chi connectivity index (χ0n) is 14.1. The van der Waals surface area contributed by atoms with Gasteiger partial charge in [-0.25, -0.2) is 4.79 Å². The van der Waals surface area contributed by atoms with Crippen molar-refractivity contribution in [1.82, 2.24) is 10.6 Å². The van der Waals surface area contributed by atoms with Gasteiger partial charge in [0.15, 0.2) is 0 Å². The van der Waals surface area contributed by atoms with Gasteiger partial charge in [0.1, 0.15) is 5.75 Å². The van der Waals surface area contributed by atoms with E-state index in [-0.39, 0.29) is 23.6 Å². The molecule has 0 bridgehead atoms. The molecular formula is C18H26N2O3. The van der Waals surface area contributed by atoms with Gasteiger partial charge in [-0.1, -0.05) is 32.0 Å². The number of urea groups is 1. The number of hydrogen-bond donors (Lipinski definition) is 2. The molecule has 3 rings (SSSR count). The van der Waals surface area contributed by atoms with Gasteiger partial charge < -0.3 is 20.1 Å². The summed E-state index contributed by atoms with van der Waals surface area (Å²) in [7, 11) is 0. The number of nitrogens with one attached hydrogen (secondary N) is 2. The Hall–Kier alpha value is -1.75. The van der Waals surface area contributed by atoms with Gasteiger partial charge in [-0.2, -0.15) is 0 Å². The second-order valence-electron chi connectivity index (χ2n) is 6.91. The molecular weight excluding hydrogens is 292 g/mol. The molecule has 2 aliphatic rings. The first-order chi connectivity index (χ1) is 11.0. The molecule has 0 aromatic heterocycles. The summed E-state index contributed by atoms with van der Waals surface area (Å²) in [6.07, 6.45) is 1.32. The first-order valence-electron chi connectivity index (χ1n) is 8.40. The highest BCUT2D eigenvalue weighted by Crippen LogP contribution is 2.52. The third-order valence-electron chi connectivity index (χ3n) is 5.10. The van der Waals surface area contributed by atoms with Crippen molar-refractivity contribution < 1.29 is 14.3 Å². The number of para-hydroxylation sites is 1. The van der Waals surface area contributed by atoms with Gasteiger partial charge in [-0.3, -0.25) is 0 Å². The Kier molecular flexibility index (Phi) is 4.48. The van der Waals surface area contributed by atoms with Crippen molar-refractivity contribution in [2.75, 3.05) is 13.2 Å². The van der Waals surface area contributed by atoms with Crippen LogP contribution >= 0.6 is 0 Å². The van der Waals surface area contributed by atoms with Gasteiger partial charge in [-0.15, -0.1) is 0 Å². The van der Waals surface area contributed by atoms with Crippen LogP contribution in [0.15, 0.2) is 24.3 Å². The Morgan fingerprint density at radius 1 is 1.39 bits per heavy atom. The fourth-order valence-corrected chi connectivity index (χ4v) is 3.93. The van der Waals surface area contributed by atoms with Crippen LogP contribution in [0.25, 0.3) is 0 Å². The minimum Gasteiger partial charge on any atom is -0.494 e. The van der Waals surface area contributed by atoms with E-state index in [1.165, 1.54) is 0 Å². The molecule has 3 atom stereocenters. The molecule has 1 saturated heterocycles. The third-order valence-corrected chi connectivity index (χ3v) is 5.10. The number of carbonyl (C=O) groups excluding carboxylic acids is 1. The summed E-state index contributed by atoms with van der Waals surface area (Å²) in [4.78, 5) is 12.3. The number of hydrogen-bond acceptors (Lipinski definition) is 3. The van der Waals surface area contributed by atoms with E-state index in [1.54, 1.807) is 0 Å². The minimum absolute atomic E-state index is 0.00172. The van der Waals surface area contributed by atoms with Crippen LogP contribution in [0.3, 0.4) is 0 Å². The smallest absolute Gasteiger partial charge is 0.315 e. The molecule has 126 valence electrons. The highest BCUT2D eigenvalue weighted by molar-refractivity contribution is 5.74. The average Bonchev–Trinajstić information content (AvgIpc) is 2.99. The Morgan fingerprint density at radius 2 is 2.17 bits per heavy atom. The van der Waals surface area contributed by atoms with Crippen molar-refractivity contribution in [3.8, 4) is 5.75 Å². The highest BCUT2D eigenvalue weighted by atomic mass is 16.5. The molecule has 0 spiro atoms. The fourth-order valence-electron chi connectivity index (χ4n) is 3.93. The maximum absolute atomic E-state index is 12.3.